The van der Waals surface area contributed by atoms with E-state index < -0.39 is 0 Å². The molecule has 1 aromatic rings. The zero-order valence-electron chi connectivity index (χ0n) is 17.0. The first-order valence-electron chi connectivity index (χ1n) is 9.73. The summed E-state index contributed by atoms with van der Waals surface area (Å²) >= 11 is 0. The number of methoxy groups -OCH3 is 1. The summed E-state index contributed by atoms with van der Waals surface area (Å²) in [7, 11) is 3.93. The molecule has 1 fully saturated rings. The lowest BCUT2D eigenvalue weighted by Crippen LogP contribution is -2.47. The van der Waals surface area contributed by atoms with Crippen molar-refractivity contribution in [2.45, 2.75) is 19.4 Å². The van der Waals surface area contributed by atoms with Gasteiger partial charge in [-0.1, -0.05) is 30.3 Å². The third kappa shape index (κ3) is 8.76. The van der Waals surface area contributed by atoms with E-state index in [1.807, 2.05) is 0 Å². The Balaban J connectivity index is 0.00000364. The van der Waals surface area contributed by atoms with E-state index in [9.17, 15) is 0 Å². The zero-order valence-corrected chi connectivity index (χ0v) is 19.3. The highest BCUT2D eigenvalue weighted by Gasteiger charge is 2.25. The number of halogens is 1. The van der Waals surface area contributed by atoms with E-state index in [4.69, 9.17) is 4.74 Å². The lowest BCUT2D eigenvalue weighted by Gasteiger charge is -2.40. The molecule has 1 saturated heterocycles. The molecule has 2 rings (SSSR count). The van der Waals surface area contributed by atoms with E-state index in [-0.39, 0.29) is 24.0 Å². The van der Waals surface area contributed by atoms with Gasteiger partial charge in [0.15, 0.2) is 5.96 Å². The second kappa shape index (κ2) is 14.1. The minimum atomic E-state index is 0. The lowest BCUT2D eigenvalue weighted by atomic mass is 10.0. The molecule has 1 aliphatic heterocycles. The molecule has 0 spiro atoms. The fourth-order valence-corrected chi connectivity index (χ4v) is 3.29. The van der Waals surface area contributed by atoms with Gasteiger partial charge in [-0.25, -0.2) is 0 Å². The summed E-state index contributed by atoms with van der Waals surface area (Å²) in [6.45, 7) is 9.66. The van der Waals surface area contributed by atoms with Crippen LogP contribution in [0.4, 0.5) is 0 Å². The van der Waals surface area contributed by atoms with Crippen LogP contribution in [0, 0.1) is 0 Å². The first-order valence-corrected chi connectivity index (χ1v) is 9.73. The molecule has 1 heterocycles. The van der Waals surface area contributed by atoms with Gasteiger partial charge in [-0.15, -0.1) is 24.0 Å². The smallest absolute Gasteiger partial charge is 0.191 e. The molecule has 154 valence electrons. The van der Waals surface area contributed by atoms with Crippen LogP contribution in [0.25, 0.3) is 0 Å². The second-order valence-corrected chi connectivity index (χ2v) is 6.76. The van der Waals surface area contributed by atoms with Crippen LogP contribution in [0.15, 0.2) is 35.3 Å². The molecule has 0 radical (unpaired) electrons. The third-order valence-corrected chi connectivity index (χ3v) is 4.69. The van der Waals surface area contributed by atoms with Crippen molar-refractivity contribution in [2.24, 2.45) is 4.99 Å². The van der Waals surface area contributed by atoms with Gasteiger partial charge < -0.3 is 20.3 Å². The van der Waals surface area contributed by atoms with Crippen molar-refractivity contribution in [1.82, 2.24) is 20.4 Å². The Morgan fingerprint density at radius 2 is 2.00 bits per heavy atom. The van der Waals surface area contributed by atoms with Gasteiger partial charge >= 0.3 is 0 Å². The number of likely N-dealkylation sites (N-methyl/N-ethyl adjacent to an activating group) is 1. The van der Waals surface area contributed by atoms with E-state index in [1.165, 1.54) is 5.56 Å². The zero-order chi connectivity index (χ0) is 18.6. The molecule has 1 atom stereocenters. The lowest BCUT2D eigenvalue weighted by molar-refractivity contribution is 0.0894. The van der Waals surface area contributed by atoms with Gasteiger partial charge in [0.1, 0.15) is 0 Å². The van der Waals surface area contributed by atoms with Gasteiger partial charge in [0, 0.05) is 59.0 Å². The standard InChI is InChI=1S/C20H35N5O.HI/c1-4-21-20(23-12-16-26-3)22-11-8-13-25-15-14-24(2)17-19(25)18-9-6-5-7-10-18;/h5-7,9-10,19H,4,8,11-17H2,1-3H3,(H2,21,22,23);1H. The van der Waals surface area contributed by atoms with Gasteiger partial charge in [-0.05, 0) is 26.0 Å². The number of guanidine groups is 1. The van der Waals surface area contributed by atoms with E-state index >= 15 is 0 Å². The van der Waals surface area contributed by atoms with Crippen LogP contribution in [0.1, 0.15) is 24.9 Å². The first-order chi connectivity index (χ1) is 12.7. The first kappa shape index (κ1) is 24.1. The summed E-state index contributed by atoms with van der Waals surface area (Å²) in [5.74, 6) is 0.877. The monoisotopic (exact) mass is 489 g/mol. The van der Waals surface area contributed by atoms with Crippen molar-refractivity contribution < 1.29 is 4.74 Å². The molecule has 1 unspecified atom stereocenters. The van der Waals surface area contributed by atoms with Gasteiger partial charge in [0.05, 0.1) is 6.61 Å². The predicted molar refractivity (Wildman–Crippen MR) is 124 cm³/mol. The summed E-state index contributed by atoms with van der Waals surface area (Å²) in [5.41, 5.74) is 1.41. The number of nitrogens with zero attached hydrogens (tertiary/aromatic N) is 3. The molecule has 0 aliphatic carbocycles. The van der Waals surface area contributed by atoms with Crippen molar-refractivity contribution in [3.8, 4) is 0 Å². The summed E-state index contributed by atoms with van der Waals surface area (Å²) in [6.07, 6.45) is 1.06. The topological polar surface area (TPSA) is 52.1 Å². The van der Waals surface area contributed by atoms with Crippen molar-refractivity contribution in [3.63, 3.8) is 0 Å². The van der Waals surface area contributed by atoms with Crippen LogP contribution in [0.5, 0.6) is 0 Å². The number of piperazine rings is 1. The molecular weight excluding hydrogens is 453 g/mol. The summed E-state index contributed by atoms with van der Waals surface area (Å²) in [6, 6.07) is 11.3. The highest BCUT2D eigenvalue weighted by Crippen LogP contribution is 2.24. The van der Waals surface area contributed by atoms with Crippen LogP contribution in [0.2, 0.25) is 0 Å². The van der Waals surface area contributed by atoms with E-state index in [0.717, 1.165) is 58.2 Å². The molecule has 0 saturated carbocycles. The summed E-state index contributed by atoms with van der Waals surface area (Å²) in [4.78, 5) is 9.72. The Kier molecular flexibility index (Phi) is 12.6. The van der Waals surface area contributed by atoms with Crippen molar-refractivity contribution in [2.75, 3.05) is 66.6 Å². The maximum absolute atomic E-state index is 5.08. The molecule has 27 heavy (non-hydrogen) atoms. The van der Waals surface area contributed by atoms with Crippen molar-refractivity contribution in [1.29, 1.82) is 0 Å². The fraction of sp³-hybridized carbons (Fsp3) is 0.650. The van der Waals surface area contributed by atoms with E-state index in [2.05, 4.69) is 69.7 Å². The minimum Gasteiger partial charge on any atom is -0.383 e. The van der Waals surface area contributed by atoms with Gasteiger partial charge in [0.25, 0.3) is 0 Å². The second-order valence-electron chi connectivity index (χ2n) is 6.76. The number of benzene rings is 1. The summed E-state index contributed by atoms with van der Waals surface area (Å²) < 4.78 is 5.08. The Hall–Kier alpha value is -0.900. The fourth-order valence-electron chi connectivity index (χ4n) is 3.29. The Labute approximate surface area is 181 Å². The summed E-state index contributed by atoms with van der Waals surface area (Å²) in [5, 5.41) is 6.58. The van der Waals surface area contributed by atoms with Crippen LogP contribution >= 0.6 is 24.0 Å². The van der Waals surface area contributed by atoms with Crippen molar-refractivity contribution >= 4 is 29.9 Å². The molecule has 2 N–H and O–H groups in total. The molecule has 1 aliphatic rings. The molecule has 1 aromatic carbocycles. The Bertz CT molecular complexity index is 528. The maximum atomic E-state index is 5.08. The quantitative estimate of drug-likeness (QED) is 0.241. The number of nitrogens with one attached hydrogen (secondary N) is 2. The van der Waals surface area contributed by atoms with Crippen LogP contribution < -0.4 is 10.6 Å². The number of aliphatic imine (C=N–C) groups is 1. The van der Waals surface area contributed by atoms with Crippen LogP contribution in [-0.4, -0.2) is 82.3 Å². The number of ether oxygens (including phenoxy) is 1. The maximum Gasteiger partial charge on any atom is 0.191 e. The van der Waals surface area contributed by atoms with E-state index in [1.54, 1.807) is 7.11 Å². The highest BCUT2D eigenvalue weighted by atomic mass is 127. The third-order valence-electron chi connectivity index (χ3n) is 4.69. The van der Waals surface area contributed by atoms with E-state index in [0.29, 0.717) is 12.6 Å². The molecule has 0 amide bonds. The van der Waals surface area contributed by atoms with Gasteiger partial charge in [0.2, 0.25) is 0 Å². The number of hydrogen-bond donors (Lipinski definition) is 2. The van der Waals surface area contributed by atoms with Gasteiger partial charge in [-0.2, -0.15) is 0 Å². The van der Waals surface area contributed by atoms with Crippen LogP contribution in [-0.2, 0) is 4.74 Å². The molecule has 7 heteroatoms. The average Bonchev–Trinajstić information content (AvgIpc) is 2.67. The molecule has 6 nitrogen and oxygen atoms in total. The number of hydrogen-bond acceptors (Lipinski definition) is 4. The number of rotatable bonds is 9. The van der Waals surface area contributed by atoms with Gasteiger partial charge in [-0.3, -0.25) is 9.89 Å². The molecular formula is C20H36IN5O. The largest absolute Gasteiger partial charge is 0.383 e. The Morgan fingerprint density at radius 1 is 1.22 bits per heavy atom. The average molecular weight is 489 g/mol. The SMILES string of the molecule is CCNC(=NCCCN1CCN(C)CC1c1ccccc1)NCCOC.I. The molecule has 0 bridgehead atoms. The normalized spacial score (nSPS) is 18.8. The van der Waals surface area contributed by atoms with Crippen LogP contribution in [0.3, 0.4) is 0 Å². The minimum absolute atomic E-state index is 0. The predicted octanol–water partition coefficient (Wildman–Crippen LogP) is 2.18. The highest BCUT2D eigenvalue weighted by molar-refractivity contribution is 14.0. The molecule has 0 aromatic heterocycles. The Morgan fingerprint density at radius 3 is 2.70 bits per heavy atom. The van der Waals surface area contributed by atoms with Crippen molar-refractivity contribution in [3.05, 3.63) is 35.9 Å².